The third kappa shape index (κ3) is 3.32. The second kappa shape index (κ2) is 6.11. The van der Waals surface area contributed by atoms with Crippen molar-refractivity contribution in [2.45, 2.75) is 38.5 Å². The Labute approximate surface area is 123 Å². The second-order valence-corrected chi connectivity index (χ2v) is 5.44. The van der Waals surface area contributed by atoms with Crippen molar-refractivity contribution >= 4 is 5.91 Å². The number of carbonyl (C=O) groups excluding carboxylic acids is 1. The van der Waals surface area contributed by atoms with E-state index in [-0.39, 0.29) is 11.8 Å². The summed E-state index contributed by atoms with van der Waals surface area (Å²) in [5.41, 5.74) is 0. The molecule has 0 saturated carbocycles. The number of piperidine rings is 1. The Kier molecular flexibility index (Phi) is 4.03. The molecule has 112 valence electrons. The normalized spacial score (nSPS) is 18.9. The van der Waals surface area contributed by atoms with E-state index < -0.39 is 0 Å². The lowest BCUT2D eigenvalue weighted by atomic mass is 9.97. The van der Waals surface area contributed by atoms with E-state index in [2.05, 4.69) is 10.1 Å². The first-order valence-corrected chi connectivity index (χ1v) is 7.33. The highest BCUT2D eigenvalue weighted by Gasteiger charge is 2.28. The van der Waals surface area contributed by atoms with Crippen LogP contribution in [-0.2, 0) is 11.2 Å². The molecule has 6 nitrogen and oxygen atoms in total. The van der Waals surface area contributed by atoms with Crippen LogP contribution in [0.1, 0.15) is 42.7 Å². The predicted octanol–water partition coefficient (Wildman–Crippen LogP) is 2.31. The number of aryl methyl sites for hydroxylation is 2. The first kappa shape index (κ1) is 13.9. The zero-order valence-corrected chi connectivity index (χ0v) is 12.1. The maximum absolute atomic E-state index is 12.3. The lowest BCUT2D eigenvalue weighted by Crippen LogP contribution is -2.39. The number of carbonyl (C=O) groups is 1. The van der Waals surface area contributed by atoms with Crippen molar-refractivity contribution in [3.8, 4) is 0 Å². The van der Waals surface area contributed by atoms with Gasteiger partial charge in [-0.1, -0.05) is 5.16 Å². The average Bonchev–Trinajstić information content (AvgIpc) is 3.16. The van der Waals surface area contributed by atoms with Crippen LogP contribution in [0.3, 0.4) is 0 Å². The van der Waals surface area contributed by atoms with E-state index in [1.54, 1.807) is 6.26 Å². The number of furan rings is 1. The molecule has 2 aromatic heterocycles. The van der Waals surface area contributed by atoms with Crippen molar-refractivity contribution in [3.63, 3.8) is 0 Å². The molecule has 0 aliphatic carbocycles. The minimum Gasteiger partial charge on any atom is -0.469 e. The van der Waals surface area contributed by atoms with Crippen LogP contribution >= 0.6 is 0 Å². The largest absolute Gasteiger partial charge is 0.469 e. The van der Waals surface area contributed by atoms with Crippen molar-refractivity contribution < 1.29 is 13.7 Å². The molecule has 6 heteroatoms. The van der Waals surface area contributed by atoms with Crippen LogP contribution in [0.2, 0.25) is 0 Å². The monoisotopic (exact) mass is 289 g/mol. The Morgan fingerprint density at radius 2 is 2.43 bits per heavy atom. The number of rotatable bonds is 4. The molecule has 0 aromatic carbocycles. The molecule has 1 aliphatic heterocycles. The van der Waals surface area contributed by atoms with Gasteiger partial charge < -0.3 is 13.8 Å². The molecule has 3 rings (SSSR count). The highest BCUT2D eigenvalue weighted by Crippen LogP contribution is 2.26. The molecule has 1 fully saturated rings. The van der Waals surface area contributed by atoms with E-state index in [0.29, 0.717) is 31.1 Å². The van der Waals surface area contributed by atoms with E-state index >= 15 is 0 Å². The Balaban J connectivity index is 1.56. The van der Waals surface area contributed by atoms with Crippen LogP contribution in [0.5, 0.6) is 0 Å². The lowest BCUT2D eigenvalue weighted by molar-refractivity contribution is -0.132. The predicted molar refractivity (Wildman–Crippen MR) is 74.6 cm³/mol. The Morgan fingerprint density at radius 1 is 1.52 bits per heavy atom. The van der Waals surface area contributed by atoms with Crippen molar-refractivity contribution in [1.82, 2.24) is 15.0 Å². The zero-order chi connectivity index (χ0) is 14.7. The zero-order valence-electron chi connectivity index (χ0n) is 12.1. The summed E-state index contributed by atoms with van der Waals surface area (Å²) in [6, 6.07) is 3.74. The van der Waals surface area contributed by atoms with Gasteiger partial charge in [0.15, 0.2) is 5.82 Å². The van der Waals surface area contributed by atoms with Gasteiger partial charge in [0.25, 0.3) is 0 Å². The minimum atomic E-state index is 0.160. The molecular weight excluding hydrogens is 270 g/mol. The number of nitrogens with zero attached hydrogens (tertiary/aromatic N) is 3. The first-order chi connectivity index (χ1) is 10.2. The average molecular weight is 289 g/mol. The summed E-state index contributed by atoms with van der Waals surface area (Å²) in [5.74, 6) is 2.46. The van der Waals surface area contributed by atoms with Gasteiger partial charge in [0.1, 0.15) is 5.76 Å². The number of hydrogen-bond acceptors (Lipinski definition) is 5. The van der Waals surface area contributed by atoms with Crippen molar-refractivity contribution in [1.29, 1.82) is 0 Å². The van der Waals surface area contributed by atoms with Crippen LogP contribution in [0.4, 0.5) is 0 Å². The fourth-order valence-electron chi connectivity index (χ4n) is 2.73. The maximum atomic E-state index is 12.3. The third-order valence-electron chi connectivity index (χ3n) is 3.83. The van der Waals surface area contributed by atoms with Gasteiger partial charge in [-0.25, -0.2) is 0 Å². The number of aromatic nitrogens is 2. The SMILES string of the molecule is Cc1noc([C@H]2CCCN(C(=O)CCc3ccco3)C2)n1. The van der Waals surface area contributed by atoms with Crippen molar-refractivity contribution in [3.05, 3.63) is 35.9 Å². The summed E-state index contributed by atoms with van der Waals surface area (Å²) in [5, 5.41) is 3.83. The molecule has 0 spiro atoms. The fourth-order valence-corrected chi connectivity index (χ4v) is 2.73. The molecule has 1 aliphatic rings. The molecule has 1 atom stereocenters. The Bertz CT molecular complexity index is 591. The summed E-state index contributed by atoms with van der Waals surface area (Å²) in [6.07, 6.45) is 4.71. The van der Waals surface area contributed by atoms with Gasteiger partial charge in [-0.3, -0.25) is 4.79 Å². The summed E-state index contributed by atoms with van der Waals surface area (Å²) in [6.45, 7) is 3.28. The van der Waals surface area contributed by atoms with E-state index in [1.165, 1.54) is 0 Å². The Hall–Kier alpha value is -2.11. The van der Waals surface area contributed by atoms with Gasteiger partial charge in [0.2, 0.25) is 11.8 Å². The quantitative estimate of drug-likeness (QED) is 0.863. The maximum Gasteiger partial charge on any atom is 0.231 e. The molecule has 1 saturated heterocycles. The standard InChI is InChI=1S/C15H19N3O3/c1-11-16-15(21-17-11)12-4-2-8-18(10-12)14(19)7-6-13-5-3-9-20-13/h3,5,9,12H,2,4,6-8,10H2,1H3/t12-/m0/s1. The molecule has 21 heavy (non-hydrogen) atoms. The van der Waals surface area contributed by atoms with Crippen LogP contribution in [0.15, 0.2) is 27.3 Å². The van der Waals surface area contributed by atoms with Crippen LogP contribution in [0.25, 0.3) is 0 Å². The van der Waals surface area contributed by atoms with E-state index in [4.69, 9.17) is 8.94 Å². The van der Waals surface area contributed by atoms with Crippen LogP contribution in [-0.4, -0.2) is 34.0 Å². The molecule has 0 N–H and O–H groups in total. The summed E-state index contributed by atoms with van der Waals surface area (Å²) in [7, 11) is 0. The molecule has 0 bridgehead atoms. The topological polar surface area (TPSA) is 72.4 Å². The van der Waals surface area contributed by atoms with Crippen molar-refractivity contribution in [2.24, 2.45) is 0 Å². The first-order valence-electron chi connectivity index (χ1n) is 7.33. The van der Waals surface area contributed by atoms with E-state index in [1.807, 2.05) is 24.0 Å². The highest BCUT2D eigenvalue weighted by molar-refractivity contribution is 5.76. The van der Waals surface area contributed by atoms with Gasteiger partial charge in [0.05, 0.1) is 12.2 Å². The van der Waals surface area contributed by atoms with Crippen LogP contribution in [0, 0.1) is 6.92 Å². The van der Waals surface area contributed by atoms with E-state index in [9.17, 15) is 4.79 Å². The van der Waals surface area contributed by atoms with Crippen molar-refractivity contribution in [2.75, 3.05) is 13.1 Å². The van der Waals surface area contributed by atoms with Gasteiger partial charge in [0, 0.05) is 25.9 Å². The van der Waals surface area contributed by atoms with E-state index in [0.717, 1.165) is 25.1 Å². The smallest absolute Gasteiger partial charge is 0.231 e. The summed E-state index contributed by atoms with van der Waals surface area (Å²) in [4.78, 5) is 18.5. The molecule has 0 radical (unpaired) electrons. The Morgan fingerprint density at radius 3 is 3.14 bits per heavy atom. The second-order valence-electron chi connectivity index (χ2n) is 5.44. The number of amides is 1. The summed E-state index contributed by atoms with van der Waals surface area (Å²) >= 11 is 0. The molecule has 2 aromatic rings. The lowest BCUT2D eigenvalue weighted by Gasteiger charge is -2.31. The highest BCUT2D eigenvalue weighted by atomic mass is 16.5. The number of likely N-dealkylation sites (tertiary alicyclic amines) is 1. The van der Waals surface area contributed by atoms with Gasteiger partial charge in [-0.05, 0) is 31.9 Å². The summed E-state index contributed by atoms with van der Waals surface area (Å²) < 4.78 is 10.5. The third-order valence-corrected chi connectivity index (χ3v) is 3.83. The molecule has 0 unspecified atom stereocenters. The molecular formula is C15H19N3O3. The van der Waals surface area contributed by atoms with Crippen LogP contribution < -0.4 is 0 Å². The number of hydrogen-bond donors (Lipinski definition) is 0. The fraction of sp³-hybridized carbons (Fsp3) is 0.533. The van der Waals surface area contributed by atoms with Gasteiger partial charge in [-0.15, -0.1) is 0 Å². The molecule has 3 heterocycles. The molecule has 1 amide bonds. The van der Waals surface area contributed by atoms with Gasteiger partial charge >= 0.3 is 0 Å². The minimum absolute atomic E-state index is 0.160. The van der Waals surface area contributed by atoms with Gasteiger partial charge in [-0.2, -0.15) is 4.98 Å².